The molecule has 2 rings (SSSR count). The Hall–Kier alpha value is -1.02. The molecule has 1 aliphatic heterocycles. The molecule has 20 heavy (non-hydrogen) atoms. The Morgan fingerprint density at radius 2 is 2.25 bits per heavy atom. The summed E-state index contributed by atoms with van der Waals surface area (Å²) in [6.45, 7) is 7.50. The third-order valence-corrected chi connectivity index (χ3v) is 3.93. The van der Waals surface area contributed by atoms with Gasteiger partial charge < -0.3 is 15.2 Å². The van der Waals surface area contributed by atoms with Crippen LogP contribution in [-0.2, 0) is 11.3 Å². The van der Waals surface area contributed by atoms with E-state index in [0.717, 1.165) is 37.9 Å². The summed E-state index contributed by atoms with van der Waals surface area (Å²) in [6, 6.07) is 0. The highest BCUT2D eigenvalue weighted by molar-refractivity contribution is 7.09. The number of thiazole rings is 1. The third-order valence-electron chi connectivity index (χ3n) is 3.09. The molecule has 0 atom stereocenters. The molecule has 0 radical (unpaired) electrons. The number of aliphatic hydroxyl groups is 1. The molecule has 0 spiro atoms. The summed E-state index contributed by atoms with van der Waals surface area (Å²) in [6.07, 6.45) is 0. The molecule has 2 N–H and O–H groups in total. The Morgan fingerprint density at radius 1 is 1.55 bits per heavy atom. The lowest BCUT2D eigenvalue weighted by molar-refractivity contribution is 0.0341. The van der Waals surface area contributed by atoms with Gasteiger partial charge in [-0.2, -0.15) is 0 Å². The summed E-state index contributed by atoms with van der Waals surface area (Å²) in [4.78, 5) is 18.6. The number of nitrogens with one attached hydrogen (secondary N) is 1. The minimum Gasteiger partial charge on any atom is -0.394 e. The summed E-state index contributed by atoms with van der Waals surface area (Å²) in [5.41, 5.74) is -0.217. The van der Waals surface area contributed by atoms with Crippen LogP contribution in [-0.4, -0.2) is 59.3 Å². The molecule has 2 heterocycles. The van der Waals surface area contributed by atoms with Gasteiger partial charge in [0.1, 0.15) is 10.7 Å². The molecule has 7 heteroatoms. The van der Waals surface area contributed by atoms with E-state index >= 15 is 0 Å². The van der Waals surface area contributed by atoms with Gasteiger partial charge in [0.25, 0.3) is 5.91 Å². The summed E-state index contributed by atoms with van der Waals surface area (Å²) in [5.74, 6) is -0.242. The fraction of sp³-hybridized carbons (Fsp3) is 0.692. The predicted molar refractivity (Wildman–Crippen MR) is 76.8 cm³/mol. The van der Waals surface area contributed by atoms with E-state index in [2.05, 4.69) is 15.2 Å². The molecule has 112 valence electrons. The maximum Gasteiger partial charge on any atom is 0.271 e. The van der Waals surface area contributed by atoms with E-state index in [1.165, 1.54) is 11.3 Å². The maximum absolute atomic E-state index is 12.0. The van der Waals surface area contributed by atoms with Gasteiger partial charge in [0.2, 0.25) is 0 Å². The van der Waals surface area contributed by atoms with Crippen LogP contribution >= 0.6 is 11.3 Å². The largest absolute Gasteiger partial charge is 0.394 e. The van der Waals surface area contributed by atoms with Crippen molar-refractivity contribution in [3.8, 4) is 0 Å². The highest BCUT2D eigenvalue weighted by Crippen LogP contribution is 2.14. The number of morpholine rings is 1. The first-order chi connectivity index (χ1) is 9.50. The first-order valence-corrected chi connectivity index (χ1v) is 7.56. The Morgan fingerprint density at radius 3 is 2.90 bits per heavy atom. The predicted octanol–water partition coefficient (Wildman–Crippen LogP) is 0.476. The molecule has 1 aromatic heterocycles. The number of rotatable bonds is 5. The number of amides is 1. The van der Waals surface area contributed by atoms with Gasteiger partial charge in [0.15, 0.2) is 0 Å². The van der Waals surface area contributed by atoms with Crippen LogP contribution in [0, 0.1) is 0 Å². The zero-order valence-corrected chi connectivity index (χ0v) is 12.7. The topological polar surface area (TPSA) is 74.7 Å². The first-order valence-electron chi connectivity index (χ1n) is 6.68. The van der Waals surface area contributed by atoms with Gasteiger partial charge in [-0.3, -0.25) is 9.69 Å². The molecule has 0 bridgehead atoms. The SMILES string of the molecule is CC(C)(CO)NC(=O)c1csc(CN2CCOCC2)n1. The molecular formula is C13H21N3O3S. The number of ether oxygens (including phenoxy) is 1. The van der Waals surface area contributed by atoms with E-state index in [0.29, 0.717) is 5.69 Å². The van der Waals surface area contributed by atoms with Crippen LogP contribution < -0.4 is 5.32 Å². The molecule has 0 saturated carbocycles. The minimum atomic E-state index is -0.634. The summed E-state index contributed by atoms with van der Waals surface area (Å²) < 4.78 is 5.30. The monoisotopic (exact) mass is 299 g/mol. The number of hydrogen-bond donors (Lipinski definition) is 2. The van der Waals surface area contributed by atoms with Crippen molar-refractivity contribution >= 4 is 17.2 Å². The van der Waals surface area contributed by atoms with Crippen molar-refractivity contribution in [1.82, 2.24) is 15.2 Å². The normalized spacial score (nSPS) is 17.1. The van der Waals surface area contributed by atoms with Gasteiger partial charge in [-0.1, -0.05) is 0 Å². The molecule has 1 saturated heterocycles. The second-order valence-electron chi connectivity index (χ2n) is 5.51. The number of carbonyl (C=O) groups is 1. The first kappa shape index (κ1) is 15.4. The van der Waals surface area contributed by atoms with Crippen LogP contribution in [0.1, 0.15) is 29.3 Å². The standard InChI is InChI=1S/C13H21N3O3S/c1-13(2,9-17)15-12(18)10-8-20-11(14-10)7-16-3-5-19-6-4-16/h8,17H,3-7,9H2,1-2H3,(H,15,18). The Labute approximate surface area is 122 Å². The van der Waals surface area contributed by atoms with Crippen LogP contribution in [0.4, 0.5) is 0 Å². The van der Waals surface area contributed by atoms with Crippen molar-refractivity contribution in [2.24, 2.45) is 0 Å². The van der Waals surface area contributed by atoms with Crippen LogP contribution in [0.5, 0.6) is 0 Å². The molecule has 1 amide bonds. The zero-order chi connectivity index (χ0) is 14.6. The molecule has 0 unspecified atom stereocenters. The molecule has 6 nitrogen and oxygen atoms in total. The number of aliphatic hydroxyl groups excluding tert-OH is 1. The average molecular weight is 299 g/mol. The van der Waals surface area contributed by atoms with Crippen molar-refractivity contribution in [3.63, 3.8) is 0 Å². The Bertz CT molecular complexity index is 455. The molecule has 0 aromatic carbocycles. The second kappa shape index (κ2) is 6.62. The molecule has 1 aromatic rings. The van der Waals surface area contributed by atoms with Crippen LogP contribution in [0.15, 0.2) is 5.38 Å². The number of nitrogens with zero attached hydrogens (tertiary/aromatic N) is 2. The fourth-order valence-electron chi connectivity index (χ4n) is 1.85. The van der Waals surface area contributed by atoms with Crippen molar-refractivity contribution in [2.75, 3.05) is 32.9 Å². The van der Waals surface area contributed by atoms with Crippen molar-refractivity contribution in [1.29, 1.82) is 0 Å². The van der Waals surface area contributed by atoms with Crippen LogP contribution in [0.2, 0.25) is 0 Å². The summed E-state index contributed by atoms with van der Waals surface area (Å²) >= 11 is 1.49. The van der Waals surface area contributed by atoms with Crippen molar-refractivity contribution < 1.29 is 14.6 Å². The van der Waals surface area contributed by atoms with E-state index in [9.17, 15) is 4.79 Å². The van der Waals surface area contributed by atoms with Gasteiger partial charge in [-0.25, -0.2) is 4.98 Å². The molecule has 1 aliphatic rings. The molecule has 1 fully saturated rings. The summed E-state index contributed by atoms with van der Waals surface area (Å²) in [5, 5.41) is 14.6. The van der Waals surface area contributed by atoms with Crippen molar-refractivity contribution in [3.05, 3.63) is 16.1 Å². The quantitative estimate of drug-likeness (QED) is 0.827. The number of aromatic nitrogens is 1. The lowest BCUT2D eigenvalue weighted by atomic mass is 10.1. The maximum atomic E-state index is 12.0. The molecule has 0 aliphatic carbocycles. The minimum absolute atomic E-state index is 0.108. The van der Waals surface area contributed by atoms with E-state index in [4.69, 9.17) is 9.84 Å². The van der Waals surface area contributed by atoms with E-state index in [1.54, 1.807) is 19.2 Å². The van der Waals surface area contributed by atoms with Gasteiger partial charge in [-0.05, 0) is 13.8 Å². The van der Waals surface area contributed by atoms with Crippen LogP contribution in [0.3, 0.4) is 0 Å². The van der Waals surface area contributed by atoms with Gasteiger partial charge in [0.05, 0.1) is 31.9 Å². The smallest absolute Gasteiger partial charge is 0.271 e. The molecular weight excluding hydrogens is 278 g/mol. The van der Waals surface area contributed by atoms with Crippen LogP contribution in [0.25, 0.3) is 0 Å². The second-order valence-corrected chi connectivity index (χ2v) is 6.45. The van der Waals surface area contributed by atoms with Gasteiger partial charge >= 0.3 is 0 Å². The van der Waals surface area contributed by atoms with E-state index in [1.807, 2.05) is 0 Å². The van der Waals surface area contributed by atoms with E-state index < -0.39 is 5.54 Å². The summed E-state index contributed by atoms with van der Waals surface area (Å²) in [7, 11) is 0. The Balaban J connectivity index is 1.92. The third kappa shape index (κ3) is 4.24. The lowest BCUT2D eigenvalue weighted by Crippen LogP contribution is -2.46. The van der Waals surface area contributed by atoms with Crippen molar-refractivity contribution in [2.45, 2.75) is 25.9 Å². The van der Waals surface area contributed by atoms with Gasteiger partial charge in [0, 0.05) is 18.5 Å². The number of hydrogen-bond acceptors (Lipinski definition) is 6. The van der Waals surface area contributed by atoms with Gasteiger partial charge in [-0.15, -0.1) is 11.3 Å². The average Bonchev–Trinajstić information content (AvgIpc) is 2.88. The fourth-order valence-corrected chi connectivity index (χ4v) is 2.66. The highest BCUT2D eigenvalue weighted by Gasteiger charge is 2.22. The zero-order valence-electron chi connectivity index (χ0n) is 11.9. The Kier molecular flexibility index (Phi) is 5.09. The number of carbonyl (C=O) groups excluding carboxylic acids is 1. The lowest BCUT2D eigenvalue weighted by Gasteiger charge is -2.25. The highest BCUT2D eigenvalue weighted by atomic mass is 32.1. The van der Waals surface area contributed by atoms with E-state index in [-0.39, 0.29) is 12.5 Å².